The predicted octanol–water partition coefficient (Wildman–Crippen LogP) is 0.596. The minimum Gasteiger partial charge on any atom is -0.354 e. The number of aliphatic imine (C=N–C) groups is 1. The molecule has 1 saturated heterocycles. The Balaban J connectivity index is 1.90. The molecule has 0 aromatic carbocycles. The van der Waals surface area contributed by atoms with Gasteiger partial charge in [0, 0.05) is 25.0 Å². The molecular weight excluding hydrogens is 150 g/mol. The van der Waals surface area contributed by atoms with Gasteiger partial charge >= 0.3 is 0 Å². The van der Waals surface area contributed by atoms with E-state index in [1.807, 2.05) is 12.3 Å². The third kappa shape index (κ3) is 1.67. The van der Waals surface area contributed by atoms with Crippen LogP contribution in [0.25, 0.3) is 0 Å². The average Bonchev–Trinajstić information content (AvgIpc) is 2.21. The molecular formula is C9H15N3. The Morgan fingerprint density at radius 3 is 3.17 bits per heavy atom. The van der Waals surface area contributed by atoms with Gasteiger partial charge in [-0.1, -0.05) is 0 Å². The van der Waals surface area contributed by atoms with Crippen molar-refractivity contribution in [3.8, 4) is 0 Å². The number of nitrogens with zero attached hydrogens (tertiary/aromatic N) is 2. The standard InChI is InChI=1S/C9H15N3/c1-3-9(7-10-4-1)12-6-2-5-11-8-12/h2,5-6,9-10H,1,3-4,7-8H2. The second-order valence-corrected chi connectivity index (χ2v) is 3.33. The van der Waals surface area contributed by atoms with Crippen molar-refractivity contribution in [2.75, 3.05) is 19.8 Å². The van der Waals surface area contributed by atoms with Crippen LogP contribution < -0.4 is 5.32 Å². The molecule has 2 aliphatic heterocycles. The molecule has 0 aliphatic carbocycles. The molecule has 2 heterocycles. The van der Waals surface area contributed by atoms with Crippen molar-refractivity contribution >= 4 is 6.21 Å². The molecule has 1 fully saturated rings. The van der Waals surface area contributed by atoms with E-state index < -0.39 is 0 Å². The fourth-order valence-electron chi connectivity index (χ4n) is 1.75. The molecule has 3 nitrogen and oxygen atoms in total. The van der Waals surface area contributed by atoms with Crippen LogP contribution in [-0.4, -0.2) is 36.9 Å². The Bertz CT molecular complexity index is 192. The van der Waals surface area contributed by atoms with Crippen LogP contribution in [0.3, 0.4) is 0 Å². The fraction of sp³-hybridized carbons (Fsp3) is 0.667. The van der Waals surface area contributed by atoms with Crippen molar-refractivity contribution in [2.24, 2.45) is 4.99 Å². The highest BCUT2D eigenvalue weighted by molar-refractivity contribution is 5.71. The van der Waals surface area contributed by atoms with Crippen molar-refractivity contribution < 1.29 is 0 Å². The Kier molecular flexibility index (Phi) is 2.42. The normalized spacial score (nSPS) is 29.3. The van der Waals surface area contributed by atoms with E-state index in [2.05, 4.69) is 21.4 Å². The van der Waals surface area contributed by atoms with E-state index in [-0.39, 0.29) is 0 Å². The summed E-state index contributed by atoms with van der Waals surface area (Å²) in [7, 11) is 0. The van der Waals surface area contributed by atoms with Crippen molar-refractivity contribution in [1.82, 2.24) is 10.2 Å². The molecule has 12 heavy (non-hydrogen) atoms. The minimum absolute atomic E-state index is 0.660. The van der Waals surface area contributed by atoms with Gasteiger partial charge in [-0.05, 0) is 25.5 Å². The summed E-state index contributed by atoms with van der Waals surface area (Å²) in [5.74, 6) is 0. The van der Waals surface area contributed by atoms with Gasteiger partial charge in [-0.2, -0.15) is 0 Å². The van der Waals surface area contributed by atoms with Gasteiger partial charge in [-0.15, -0.1) is 0 Å². The summed E-state index contributed by atoms with van der Waals surface area (Å²) in [5.41, 5.74) is 0. The van der Waals surface area contributed by atoms with Crippen LogP contribution in [0.5, 0.6) is 0 Å². The smallest absolute Gasteiger partial charge is 0.110 e. The molecule has 0 aromatic heterocycles. The zero-order chi connectivity index (χ0) is 8.23. The summed E-state index contributed by atoms with van der Waals surface area (Å²) in [5, 5.41) is 3.40. The van der Waals surface area contributed by atoms with Gasteiger partial charge in [-0.25, -0.2) is 0 Å². The first-order valence-corrected chi connectivity index (χ1v) is 4.60. The number of rotatable bonds is 1. The third-order valence-corrected chi connectivity index (χ3v) is 2.45. The Morgan fingerprint density at radius 2 is 2.50 bits per heavy atom. The minimum atomic E-state index is 0.660. The third-order valence-electron chi connectivity index (χ3n) is 2.45. The van der Waals surface area contributed by atoms with Gasteiger partial charge in [0.25, 0.3) is 0 Å². The molecule has 66 valence electrons. The highest BCUT2D eigenvalue weighted by Gasteiger charge is 2.17. The topological polar surface area (TPSA) is 27.6 Å². The van der Waals surface area contributed by atoms with E-state index in [9.17, 15) is 0 Å². The molecule has 0 spiro atoms. The Hall–Kier alpha value is -0.830. The SMILES string of the molecule is C1=CN(C2CCCNC2)CN=C1. The zero-order valence-corrected chi connectivity index (χ0v) is 7.24. The van der Waals surface area contributed by atoms with Crippen molar-refractivity contribution in [3.63, 3.8) is 0 Å². The fourth-order valence-corrected chi connectivity index (χ4v) is 1.75. The molecule has 0 aromatic rings. The quantitative estimate of drug-likeness (QED) is 0.616. The molecule has 0 amide bonds. The van der Waals surface area contributed by atoms with Gasteiger partial charge in [0.05, 0.1) is 0 Å². The monoisotopic (exact) mass is 165 g/mol. The van der Waals surface area contributed by atoms with E-state index >= 15 is 0 Å². The van der Waals surface area contributed by atoms with Crippen LogP contribution in [0, 0.1) is 0 Å². The van der Waals surface area contributed by atoms with Crippen LogP contribution in [0.15, 0.2) is 17.3 Å². The Labute approximate surface area is 73.2 Å². The number of hydrogen-bond donors (Lipinski definition) is 1. The van der Waals surface area contributed by atoms with Crippen LogP contribution in [0.1, 0.15) is 12.8 Å². The molecule has 0 saturated carbocycles. The molecule has 2 rings (SSSR count). The van der Waals surface area contributed by atoms with Crippen molar-refractivity contribution in [2.45, 2.75) is 18.9 Å². The maximum Gasteiger partial charge on any atom is 0.110 e. The number of piperidine rings is 1. The van der Waals surface area contributed by atoms with Crippen molar-refractivity contribution in [1.29, 1.82) is 0 Å². The summed E-state index contributed by atoms with van der Waals surface area (Å²) in [4.78, 5) is 6.53. The molecule has 0 radical (unpaired) electrons. The van der Waals surface area contributed by atoms with E-state index in [1.165, 1.54) is 19.4 Å². The van der Waals surface area contributed by atoms with E-state index in [0.29, 0.717) is 6.04 Å². The van der Waals surface area contributed by atoms with E-state index in [1.54, 1.807) is 0 Å². The first kappa shape index (κ1) is 7.80. The summed E-state index contributed by atoms with van der Waals surface area (Å²) in [6.45, 7) is 3.13. The number of nitrogens with one attached hydrogen (secondary N) is 1. The van der Waals surface area contributed by atoms with Gasteiger partial charge < -0.3 is 10.2 Å². The summed E-state index contributed by atoms with van der Waals surface area (Å²) in [6.07, 6.45) is 8.61. The van der Waals surface area contributed by atoms with Crippen LogP contribution in [-0.2, 0) is 0 Å². The summed E-state index contributed by atoms with van der Waals surface area (Å²) >= 11 is 0. The van der Waals surface area contributed by atoms with Crippen LogP contribution >= 0.6 is 0 Å². The molecule has 3 heteroatoms. The molecule has 1 atom stereocenters. The summed E-state index contributed by atoms with van der Waals surface area (Å²) < 4.78 is 0. The summed E-state index contributed by atoms with van der Waals surface area (Å²) in [6, 6.07) is 0.660. The molecule has 0 bridgehead atoms. The lowest BCUT2D eigenvalue weighted by Crippen LogP contribution is -2.44. The first-order chi connectivity index (χ1) is 5.97. The highest BCUT2D eigenvalue weighted by atomic mass is 15.2. The lowest BCUT2D eigenvalue weighted by atomic mass is 10.1. The molecule has 1 N–H and O–H groups in total. The maximum atomic E-state index is 4.22. The highest BCUT2D eigenvalue weighted by Crippen LogP contribution is 2.11. The number of allylic oxidation sites excluding steroid dienone is 1. The average molecular weight is 165 g/mol. The number of hydrogen-bond acceptors (Lipinski definition) is 3. The maximum absolute atomic E-state index is 4.22. The largest absolute Gasteiger partial charge is 0.354 e. The van der Waals surface area contributed by atoms with Crippen LogP contribution in [0.4, 0.5) is 0 Å². The molecule has 2 aliphatic rings. The van der Waals surface area contributed by atoms with Gasteiger partial charge in [0.1, 0.15) is 6.67 Å². The zero-order valence-electron chi connectivity index (χ0n) is 7.24. The van der Waals surface area contributed by atoms with Gasteiger partial charge in [0.2, 0.25) is 0 Å². The van der Waals surface area contributed by atoms with E-state index in [4.69, 9.17) is 0 Å². The lowest BCUT2D eigenvalue weighted by molar-refractivity contribution is 0.234. The lowest BCUT2D eigenvalue weighted by Gasteiger charge is -2.33. The van der Waals surface area contributed by atoms with Crippen molar-refractivity contribution in [3.05, 3.63) is 12.3 Å². The predicted molar refractivity (Wildman–Crippen MR) is 50.2 cm³/mol. The second kappa shape index (κ2) is 3.72. The molecule has 1 unspecified atom stereocenters. The van der Waals surface area contributed by atoms with E-state index in [0.717, 1.165) is 13.2 Å². The first-order valence-electron chi connectivity index (χ1n) is 4.60. The Morgan fingerprint density at radius 1 is 1.50 bits per heavy atom. The van der Waals surface area contributed by atoms with Gasteiger partial charge in [-0.3, -0.25) is 4.99 Å². The van der Waals surface area contributed by atoms with Crippen LogP contribution in [0.2, 0.25) is 0 Å². The second-order valence-electron chi connectivity index (χ2n) is 3.33. The van der Waals surface area contributed by atoms with Gasteiger partial charge in [0.15, 0.2) is 0 Å².